The van der Waals surface area contributed by atoms with Gasteiger partial charge in [-0.1, -0.05) is 31.7 Å². The largest absolute Gasteiger partial charge is 0.341 e. The zero-order valence-electron chi connectivity index (χ0n) is 13.5. The zero-order valence-corrected chi connectivity index (χ0v) is 15.1. The number of hydrogen-bond acceptors (Lipinski definition) is 5. The third kappa shape index (κ3) is 4.57. The topological polar surface area (TPSA) is 61.9 Å². The van der Waals surface area contributed by atoms with E-state index in [4.69, 9.17) is 0 Å². The summed E-state index contributed by atoms with van der Waals surface area (Å²) in [7, 11) is 0. The Kier molecular flexibility index (Phi) is 5.38. The molecule has 1 saturated heterocycles. The van der Waals surface area contributed by atoms with Gasteiger partial charge in [0.15, 0.2) is 0 Å². The van der Waals surface area contributed by atoms with E-state index in [1.165, 1.54) is 23.1 Å². The number of piperidine rings is 1. The van der Waals surface area contributed by atoms with Crippen molar-refractivity contribution < 1.29 is 4.79 Å². The van der Waals surface area contributed by atoms with Crippen LogP contribution in [0.2, 0.25) is 0 Å². The highest BCUT2D eigenvalue weighted by molar-refractivity contribution is 7.99. The van der Waals surface area contributed by atoms with E-state index in [0.717, 1.165) is 25.3 Å². The van der Waals surface area contributed by atoms with Crippen LogP contribution in [0.1, 0.15) is 31.0 Å². The minimum absolute atomic E-state index is 0.193. The predicted molar refractivity (Wildman–Crippen MR) is 93.8 cm³/mol. The third-order valence-electron chi connectivity index (χ3n) is 3.98. The smallest absolute Gasteiger partial charge is 0.233 e. The maximum Gasteiger partial charge on any atom is 0.233 e. The molecule has 1 aliphatic heterocycles. The number of thiophene rings is 1. The molecule has 0 bridgehead atoms. The average molecular weight is 351 g/mol. The second-order valence-corrected chi connectivity index (χ2v) is 8.33. The number of aromatic amines is 1. The highest BCUT2D eigenvalue weighted by Crippen LogP contribution is 2.22. The highest BCUT2D eigenvalue weighted by Gasteiger charge is 2.25. The van der Waals surface area contributed by atoms with Crippen LogP contribution in [0.3, 0.4) is 0 Å². The first-order chi connectivity index (χ1) is 11.1. The van der Waals surface area contributed by atoms with E-state index in [1.54, 1.807) is 11.3 Å². The van der Waals surface area contributed by atoms with Gasteiger partial charge in [-0.05, 0) is 29.7 Å². The number of carbonyl (C=O) groups excluding carboxylic acids is 1. The first kappa shape index (κ1) is 16.5. The first-order valence-corrected chi connectivity index (χ1v) is 9.81. The lowest BCUT2D eigenvalue weighted by molar-refractivity contribution is -0.130. The van der Waals surface area contributed by atoms with Gasteiger partial charge in [0.05, 0.1) is 5.75 Å². The summed E-state index contributed by atoms with van der Waals surface area (Å²) in [5.41, 5.74) is 0. The summed E-state index contributed by atoms with van der Waals surface area (Å²) >= 11 is 3.13. The Bertz CT molecular complexity index is 630. The molecular formula is C16H22N4OS2. The molecule has 0 saturated carbocycles. The molecule has 1 amide bonds. The van der Waals surface area contributed by atoms with Gasteiger partial charge in [0.2, 0.25) is 11.1 Å². The van der Waals surface area contributed by atoms with E-state index in [2.05, 4.69) is 40.5 Å². The Morgan fingerprint density at radius 2 is 2.22 bits per heavy atom. The Balaban J connectivity index is 1.50. The standard InChI is InChI=1S/C16H22N4OS2/c1-11-6-12(2)9-20(8-11)15(21)10-23-16-17-14(18-19-16)7-13-4-3-5-22-13/h3-5,11-12H,6-10H2,1-2H3,(H,17,18,19). The SMILES string of the molecule is CC1CC(C)CN(C(=O)CSc2n[nH]c(Cc3cccs3)n2)C1. The van der Waals surface area contributed by atoms with E-state index in [0.29, 0.717) is 22.7 Å². The fraction of sp³-hybridized carbons (Fsp3) is 0.562. The molecule has 3 rings (SSSR count). The average Bonchev–Trinajstić information content (AvgIpc) is 3.16. The van der Waals surface area contributed by atoms with Gasteiger partial charge in [-0.3, -0.25) is 9.89 Å². The highest BCUT2D eigenvalue weighted by atomic mass is 32.2. The summed E-state index contributed by atoms with van der Waals surface area (Å²) in [6.45, 7) is 6.19. The zero-order chi connectivity index (χ0) is 16.2. The lowest BCUT2D eigenvalue weighted by atomic mass is 9.92. The number of nitrogens with one attached hydrogen (secondary N) is 1. The predicted octanol–water partition coefficient (Wildman–Crippen LogP) is 3.05. The van der Waals surface area contributed by atoms with E-state index in [1.807, 2.05) is 11.0 Å². The van der Waals surface area contributed by atoms with Gasteiger partial charge in [0.25, 0.3) is 0 Å². The van der Waals surface area contributed by atoms with Crippen LogP contribution < -0.4 is 0 Å². The molecule has 2 aromatic rings. The van der Waals surface area contributed by atoms with Crippen molar-refractivity contribution in [3.8, 4) is 0 Å². The van der Waals surface area contributed by atoms with Crippen molar-refractivity contribution in [2.45, 2.75) is 31.8 Å². The van der Waals surface area contributed by atoms with Gasteiger partial charge >= 0.3 is 0 Å². The molecule has 0 spiro atoms. The van der Waals surface area contributed by atoms with E-state index in [-0.39, 0.29) is 5.91 Å². The summed E-state index contributed by atoms with van der Waals surface area (Å²) < 4.78 is 0. The monoisotopic (exact) mass is 350 g/mol. The van der Waals surface area contributed by atoms with Crippen LogP contribution in [0.25, 0.3) is 0 Å². The van der Waals surface area contributed by atoms with Crippen molar-refractivity contribution in [1.29, 1.82) is 0 Å². The molecule has 1 fully saturated rings. The van der Waals surface area contributed by atoms with E-state index in [9.17, 15) is 4.79 Å². The number of likely N-dealkylation sites (tertiary alicyclic amines) is 1. The van der Waals surface area contributed by atoms with Crippen molar-refractivity contribution in [2.75, 3.05) is 18.8 Å². The summed E-state index contributed by atoms with van der Waals surface area (Å²) in [6, 6.07) is 4.12. The van der Waals surface area contributed by atoms with Crippen molar-refractivity contribution in [3.63, 3.8) is 0 Å². The lowest BCUT2D eigenvalue weighted by Gasteiger charge is -2.34. The molecule has 2 aromatic heterocycles. The number of nitrogens with zero attached hydrogens (tertiary/aromatic N) is 3. The molecule has 1 N–H and O–H groups in total. The van der Waals surface area contributed by atoms with Crippen molar-refractivity contribution in [2.24, 2.45) is 11.8 Å². The van der Waals surface area contributed by atoms with Gasteiger partial charge in [0.1, 0.15) is 5.82 Å². The molecular weight excluding hydrogens is 328 g/mol. The number of hydrogen-bond donors (Lipinski definition) is 1. The number of thioether (sulfide) groups is 1. The van der Waals surface area contributed by atoms with Crippen LogP contribution in [0.15, 0.2) is 22.7 Å². The Morgan fingerprint density at radius 3 is 2.91 bits per heavy atom. The Hall–Kier alpha value is -1.34. The van der Waals surface area contributed by atoms with Crippen LogP contribution in [-0.4, -0.2) is 44.8 Å². The minimum Gasteiger partial charge on any atom is -0.341 e. The van der Waals surface area contributed by atoms with Crippen molar-refractivity contribution in [3.05, 3.63) is 28.2 Å². The number of carbonyl (C=O) groups is 1. The van der Waals surface area contributed by atoms with Crippen LogP contribution >= 0.6 is 23.1 Å². The molecule has 2 atom stereocenters. The summed E-state index contributed by atoms with van der Waals surface area (Å²) in [6.07, 6.45) is 1.98. The van der Waals surface area contributed by atoms with Crippen LogP contribution in [0.4, 0.5) is 0 Å². The summed E-state index contributed by atoms with van der Waals surface area (Å²) in [5, 5.41) is 9.88. The molecule has 1 aliphatic rings. The van der Waals surface area contributed by atoms with Crippen LogP contribution in [0, 0.1) is 11.8 Å². The molecule has 23 heavy (non-hydrogen) atoms. The molecule has 0 radical (unpaired) electrons. The minimum atomic E-state index is 0.193. The Labute approximate surface area is 144 Å². The maximum absolute atomic E-state index is 12.4. The number of amides is 1. The molecule has 5 nitrogen and oxygen atoms in total. The first-order valence-electron chi connectivity index (χ1n) is 7.94. The fourth-order valence-corrected chi connectivity index (χ4v) is 4.51. The molecule has 3 heterocycles. The van der Waals surface area contributed by atoms with Gasteiger partial charge in [0, 0.05) is 24.4 Å². The third-order valence-corrected chi connectivity index (χ3v) is 5.69. The van der Waals surface area contributed by atoms with Crippen LogP contribution in [0.5, 0.6) is 0 Å². The number of H-pyrrole nitrogens is 1. The molecule has 0 aromatic carbocycles. The fourth-order valence-electron chi connectivity index (χ4n) is 3.08. The Morgan fingerprint density at radius 1 is 1.43 bits per heavy atom. The van der Waals surface area contributed by atoms with Crippen LogP contribution in [-0.2, 0) is 11.2 Å². The second-order valence-electron chi connectivity index (χ2n) is 6.35. The van der Waals surface area contributed by atoms with E-state index < -0.39 is 0 Å². The number of aromatic nitrogens is 3. The van der Waals surface area contributed by atoms with Gasteiger partial charge in [-0.2, -0.15) is 0 Å². The molecule has 2 unspecified atom stereocenters. The molecule has 124 valence electrons. The quantitative estimate of drug-likeness (QED) is 0.842. The second kappa shape index (κ2) is 7.49. The lowest BCUT2D eigenvalue weighted by Crippen LogP contribution is -2.43. The van der Waals surface area contributed by atoms with E-state index >= 15 is 0 Å². The van der Waals surface area contributed by atoms with Gasteiger partial charge < -0.3 is 4.90 Å². The summed E-state index contributed by atoms with van der Waals surface area (Å²) in [5.74, 6) is 2.64. The van der Waals surface area contributed by atoms with Gasteiger partial charge in [-0.25, -0.2) is 4.98 Å². The maximum atomic E-state index is 12.4. The van der Waals surface area contributed by atoms with Gasteiger partial charge in [-0.15, -0.1) is 16.4 Å². The van der Waals surface area contributed by atoms with Crippen molar-refractivity contribution in [1.82, 2.24) is 20.1 Å². The molecule has 0 aliphatic carbocycles. The molecule has 7 heteroatoms. The summed E-state index contributed by atoms with van der Waals surface area (Å²) in [4.78, 5) is 20.1. The number of rotatable bonds is 5. The normalized spacial score (nSPS) is 21.6. The van der Waals surface area contributed by atoms with Crippen molar-refractivity contribution >= 4 is 29.0 Å².